The van der Waals surface area contributed by atoms with E-state index in [2.05, 4.69) is 20.8 Å². The summed E-state index contributed by atoms with van der Waals surface area (Å²) in [5.41, 5.74) is 10.0. The average Bonchev–Trinajstić information content (AvgIpc) is 3.26. The smallest absolute Gasteiger partial charge is 0.262 e. The number of halogens is 1. The SMILES string of the molecule is Nc1nnc(-c2ccccc2O)cc1-c1ccc(NC2CC3(C2)CN(c2cc4c(cc2F)C(=O)N(C2CCC(=O)NC2=O)C4=O)C3)cc1. The first kappa shape index (κ1) is 29.5. The lowest BCUT2D eigenvalue weighted by Crippen LogP contribution is -2.65. The number of benzene rings is 3. The molecule has 2 saturated heterocycles. The Morgan fingerprint density at radius 1 is 0.896 bits per heavy atom. The quantitative estimate of drug-likeness (QED) is 0.226. The fraction of sp³-hybridized carbons (Fsp3) is 0.257. The highest BCUT2D eigenvalue weighted by atomic mass is 19.1. The molecule has 1 saturated carbocycles. The number of para-hydroxylation sites is 1. The van der Waals surface area contributed by atoms with E-state index in [4.69, 9.17) is 5.73 Å². The van der Waals surface area contributed by atoms with Crippen molar-refractivity contribution in [2.45, 2.75) is 37.8 Å². The van der Waals surface area contributed by atoms with Crippen LogP contribution in [0.5, 0.6) is 5.75 Å². The molecule has 0 bridgehead atoms. The van der Waals surface area contributed by atoms with Gasteiger partial charge >= 0.3 is 0 Å². The number of fused-ring (bicyclic) bond motifs is 1. The second-order valence-electron chi connectivity index (χ2n) is 13.0. The molecule has 8 rings (SSSR count). The topological polar surface area (TPSA) is 171 Å². The van der Waals surface area contributed by atoms with Crippen LogP contribution in [0.15, 0.2) is 66.7 Å². The summed E-state index contributed by atoms with van der Waals surface area (Å²) < 4.78 is 15.3. The average molecular weight is 648 g/mol. The van der Waals surface area contributed by atoms with Crippen LogP contribution in [0.1, 0.15) is 46.4 Å². The third-order valence-electron chi connectivity index (χ3n) is 9.83. The Labute approximate surface area is 273 Å². The number of phenols is 1. The van der Waals surface area contributed by atoms with Gasteiger partial charge in [0.05, 0.1) is 22.5 Å². The van der Waals surface area contributed by atoms with Gasteiger partial charge in [-0.25, -0.2) is 4.39 Å². The van der Waals surface area contributed by atoms with Gasteiger partial charge in [-0.1, -0.05) is 24.3 Å². The molecular weight excluding hydrogens is 617 g/mol. The van der Waals surface area contributed by atoms with Crippen molar-refractivity contribution in [1.29, 1.82) is 0 Å². The number of nitrogens with one attached hydrogen (secondary N) is 2. The third-order valence-corrected chi connectivity index (χ3v) is 9.83. The Hall–Kier alpha value is -5.85. The predicted molar refractivity (Wildman–Crippen MR) is 173 cm³/mol. The molecule has 1 spiro atoms. The number of hydrogen-bond acceptors (Lipinski definition) is 10. The highest BCUT2D eigenvalue weighted by Gasteiger charge is 2.53. The summed E-state index contributed by atoms with van der Waals surface area (Å²) in [6.45, 7) is 1.23. The minimum atomic E-state index is -1.10. The molecule has 0 radical (unpaired) electrons. The van der Waals surface area contributed by atoms with E-state index in [1.54, 1.807) is 18.2 Å². The molecule has 48 heavy (non-hydrogen) atoms. The molecule has 5 N–H and O–H groups in total. The normalized spacial score (nSPS) is 20.0. The van der Waals surface area contributed by atoms with E-state index in [0.29, 0.717) is 29.9 Å². The van der Waals surface area contributed by atoms with E-state index in [9.17, 15) is 24.3 Å². The molecule has 4 heterocycles. The zero-order chi connectivity index (χ0) is 33.3. The molecule has 4 aliphatic rings. The number of imide groups is 2. The van der Waals surface area contributed by atoms with Crippen molar-refractivity contribution in [2.75, 3.05) is 29.0 Å². The van der Waals surface area contributed by atoms with Crippen LogP contribution in [0.2, 0.25) is 0 Å². The molecule has 3 aliphatic heterocycles. The molecule has 1 atom stereocenters. The number of aromatic nitrogens is 2. The van der Waals surface area contributed by atoms with Gasteiger partial charge in [-0.2, -0.15) is 0 Å². The molecule has 12 nitrogen and oxygen atoms in total. The second kappa shape index (κ2) is 10.9. The Balaban J connectivity index is 0.896. The molecule has 242 valence electrons. The zero-order valence-corrected chi connectivity index (χ0v) is 25.6. The van der Waals surface area contributed by atoms with E-state index in [1.807, 2.05) is 41.3 Å². The lowest BCUT2D eigenvalue weighted by Gasteiger charge is -2.60. The van der Waals surface area contributed by atoms with Crippen molar-refractivity contribution < 1.29 is 28.7 Å². The van der Waals surface area contributed by atoms with Crippen LogP contribution in [0.4, 0.5) is 21.6 Å². The van der Waals surface area contributed by atoms with Gasteiger partial charge in [0.15, 0.2) is 5.82 Å². The van der Waals surface area contributed by atoms with Gasteiger partial charge in [0.1, 0.15) is 17.6 Å². The number of amides is 4. The fourth-order valence-electron chi connectivity index (χ4n) is 7.44. The molecule has 4 aromatic rings. The second-order valence-corrected chi connectivity index (χ2v) is 13.0. The number of piperidine rings is 1. The van der Waals surface area contributed by atoms with E-state index < -0.39 is 35.5 Å². The highest BCUT2D eigenvalue weighted by Crippen LogP contribution is 2.51. The number of carbonyl (C=O) groups excluding carboxylic acids is 4. The van der Waals surface area contributed by atoms with Gasteiger partial charge in [-0.3, -0.25) is 29.4 Å². The van der Waals surface area contributed by atoms with Crippen molar-refractivity contribution in [3.8, 4) is 28.1 Å². The van der Waals surface area contributed by atoms with Crippen LogP contribution in [0, 0.1) is 11.2 Å². The van der Waals surface area contributed by atoms with Gasteiger partial charge in [0.25, 0.3) is 11.8 Å². The molecule has 1 unspecified atom stereocenters. The first-order chi connectivity index (χ1) is 23.1. The van der Waals surface area contributed by atoms with Gasteiger partial charge in [-0.05, 0) is 67.3 Å². The van der Waals surface area contributed by atoms with Crippen LogP contribution < -0.4 is 21.3 Å². The molecule has 3 aromatic carbocycles. The maximum atomic E-state index is 15.3. The fourth-order valence-corrected chi connectivity index (χ4v) is 7.44. The van der Waals surface area contributed by atoms with Crippen LogP contribution >= 0.6 is 0 Å². The Morgan fingerprint density at radius 3 is 2.31 bits per heavy atom. The maximum absolute atomic E-state index is 15.3. The minimum absolute atomic E-state index is 0.0155. The minimum Gasteiger partial charge on any atom is -0.507 e. The van der Waals surface area contributed by atoms with E-state index in [1.165, 1.54) is 6.07 Å². The Bertz CT molecular complexity index is 2040. The number of carbonyl (C=O) groups is 4. The van der Waals surface area contributed by atoms with Crippen LogP contribution in [-0.2, 0) is 9.59 Å². The number of aromatic hydroxyl groups is 1. The van der Waals surface area contributed by atoms with E-state index in [-0.39, 0.29) is 52.7 Å². The van der Waals surface area contributed by atoms with Gasteiger partial charge in [0.2, 0.25) is 11.8 Å². The van der Waals surface area contributed by atoms with Crippen LogP contribution in [-0.4, -0.2) is 69.0 Å². The third kappa shape index (κ3) is 4.81. The van der Waals surface area contributed by atoms with E-state index in [0.717, 1.165) is 35.1 Å². The van der Waals surface area contributed by atoms with Crippen molar-refractivity contribution in [1.82, 2.24) is 20.4 Å². The van der Waals surface area contributed by atoms with Crippen LogP contribution in [0.25, 0.3) is 22.4 Å². The number of rotatable bonds is 6. The summed E-state index contributed by atoms with van der Waals surface area (Å²) in [6, 6.07) is 18.2. The number of nitrogens with zero attached hydrogens (tertiary/aromatic N) is 4. The van der Waals surface area contributed by atoms with E-state index >= 15 is 4.39 Å². The predicted octanol–water partition coefficient (Wildman–Crippen LogP) is 3.72. The molecule has 4 amide bonds. The van der Waals surface area contributed by atoms with Crippen molar-refractivity contribution in [3.63, 3.8) is 0 Å². The molecule has 1 aliphatic carbocycles. The molecular formula is C35H30FN7O5. The van der Waals surface area contributed by atoms with Gasteiger partial charge in [0, 0.05) is 47.8 Å². The number of phenolic OH excluding ortho intramolecular Hbond substituents is 1. The first-order valence-corrected chi connectivity index (χ1v) is 15.7. The lowest BCUT2D eigenvalue weighted by molar-refractivity contribution is -0.136. The van der Waals surface area contributed by atoms with Gasteiger partial charge in [-0.15, -0.1) is 10.2 Å². The summed E-state index contributed by atoms with van der Waals surface area (Å²) in [5.74, 6) is -2.74. The van der Waals surface area contributed by atoms with Gasteiger partial charge < -0.3 is 21.1 Å². The molecule has 13 heteroatoms. The monoisotopic (exact) mass is 647 g/mol. The molecule has 1 aromatic heterocycles. The highest BCUT2D eigenvalue weighted by molar-refractivity contribution is 6.23. The molecule has 3 fully saturated rings. The summed E-state index contributed by atoms with van der Waals surface area (Å²) in [6.07, 6.45) is 1.84. The Kier molecular flexibility index (Phi) is 6.69. The number of nitrogen functional groups attached to an aromatic ring is 1. The maximum Gasteiger partial charge on any atom is 0.262 e. The largest absolute Gasteiger partial charge is 0.507 e. The van der Waals surface area contributed by atoms with Crippen molar-refractivity contribution >= 4 is 40.8 Å². The van der Waals surface area contributed by atoms with Crippen molar-refractivity contribution in [3.05, 3.63) is 83.7 Å². The summed E-state index contributed by atoms with van der Waals surface area (Å²) in [4.78, 5) is 52.8. The summed E-state index contributed by atoms with van der Waals surface area (Å²) in [7, 11) is 0. The number of hydrogen-bond donors (Lipinski definition) is 4. The summed E-state index contributed by atoms with van der Waals surface area (Å²) >= 11 is 0. The zero-order valence-electron chi connectivity index (χ0n) is 25.6. The standard InChI is InChI=1S/C35H30FN7O5/c36-25-11-23-24(34(48)43(33(23)47)27-9-10-30(45)39-32(27)46)13-28(25)42-16-35(17-42)14-20(15-35)38-19-7-5-18(6-8-19)22-12-26(40-41-31(22)37)21-3-1-2-4-29(21)44/h1-8,11-13,20,27,38,44H,9-10,14-17H2,(H2,37,41)(H,39,45,46). The van der Waals surface area contributed by atoms with Crippen LogP contribution in [0.3, 0.4) is 0 Å². The lowest BCUT2D eigenvalue weighted by atomic mass is 9.60. The first-order valence-electron chi connectivity index (χ1n) is 15.7. The van der Waals surface area contributed by atoms with Crippen molar-refractivity contribution in [2.24, 2.45) is 5.41 Å². The summed E-state index contributed by atoms with van der Waals surface area (Å²) in [5, 5.41) is 24.2. The number of nitrogens with two attached hydrogens (primary N) is 1. The number of anilines is 3. The Morgan fingerprint density at radius 2 is 1.60 bits per heavy atom.